The molecule has 3 aromatic rings. The molecule has 6 rings (SSSR count). The molecule has 0 unspecified atom stereocenters. The van der Waals surface area contributed by atoms with Crippen LogP contribution in [0, 0.1) is 5.82 Å². The highest BCUT2D eigenvalue weighted by Gasteiger charge is 2.20. The molecule has 3 aliphatic rings. The number of hydrogen-bond acceptors (Lipinski definition) is 5. The Bertz CT molecular complexity index is 1560. The van der Waals surface area contributed by atoms with E-state index in [2.05, 4.69) is 20.9 Å². The van der Waals surface area contributed by atoms with Crippen molar-refractivity contribution >= 4 is 22.4 Å². The first kappa shape index (κ1) is 21.3. The zero-order valence-electron chi connectivity index (χ0n) is 19.3. The van der Waals surface area contributed by atoms with Crippen molar-refractivity contribution in [2.75, 3.05) is 12.4 Å². The summed E-state index contributed by atoms with van der Waals surface area (Å²) in [5.41, 5.74) is 5.94. The molecule has 1 aliphatic heterocycles. The number of ether oxygens (including phenoxy) is 1. The minimum absolute atomic E-state index is 0.269. The van der Waals surface area contributed by atoms with E-state index in [1.807, 2.05) is 42.5 Å². The van der Waals surface area contributed by atoms with Crippen molar-refractivity contribution in [1.29, 1.82) is 0 Å². The minimum Gasteiger partial charge on any atom is -0.480 e. The van der Waals surface area contributed by atoms with Crippen molar-refractivity contribution in [3.63, 3.8) is 0 Å². The van der Waals surface area contributed by atoms with E-state index in [1.54, 1.807) is 25.4 Å². The maximum absolute atomic E-state index is 13.7. The van der Waals surface area contributed by atoms with Crippen LogP contribution in [0.3, 0.4) is 0 Å². The van der Waals surface area contributed by atoms with E-state index < -0.39 is 0 Å². The first-order valence-electron chi connectivity index (χ1n) is 11.7. The molecule has 1 fully saturated rings. The molecule has 6 nitrogen and oxygen atoms in total. The largest absolute Gasteiger partial charge is 0.480 e. The lowest BCUT2D eigenvalue weighted by Gasteiger charge is -2.23. The summed E-state index contributed by atoms with van der Waals surface area (Å²) < 4.78 is 21.3. The number of methoxy groups -OCH3 is 1. The first-order chi connectivity index (χ1) is 17.2. The minimum atomic E-state index is -0.269. The monoisotopic (exact) mass is 465 g/mol. The Labute approximate surface area is 202 Å². The average Bonchev–Trinajstić information content (AvgIpc) is 2.86. The van der Waals surface area contributed by atoms with Gasteiger partial charge in [0.05, 0.1) is 46.6 Å². The Balaban J connectivity index is 1.63. The molecular weight excluding hydrogens is 441 g/mol. The molecular formula is C28H24FN5O. The number of benzene rings is 3. The summed E-state index contributed by atoms with van der Waals surface area (Å²) in [6.07, 6.45) is 5.06. The highest BCUT2D eigenvalue weighted by molar-refractivity contribution is 5.84. The van der Waals surface area contributed by atoms with Crippen LogP contribution in [0.5, 0.6) is 5.88 Å². The molecule has 0 radical (unpaired) electrons. The number of halogens is 1. The molecule has 2 heterocycles. The fraction of sp³-hybridized carbons (Fsp3) is 0.179. The van der Waals surface area contributed by atoms with Crippen molar-refractivity contribution < 1.29 is 9.13 Å². The van der Waals surface area contributed by atoms with Gasteiger partial charge in [0.25, 0.3) is 0 Å². The van der Waals surface area contributed by atoms with Crippen molar-refractivity contribution in [3.05, 3.63) is 90.2 Å². The van der Waals surface area contributed by atoms with E-state index >= 15 is 0 Å². The van der Waals surface area contributed by atoms with Crippen LogP contribution in [0.2, 0.25) is 0 Å². The van der Waals surface area contributed by atoms with Gasteiger partial charge in [-0.1, -0.05) is 12.1 Å². The molecule has 0 spiro atoms. The average molecular weight is 466 g/mol. The number of hydrogen-bond donors (Lipinski definition) is 1. The third-order valence-electron chi connectivity index (χ3n) is 6.41. The van der Waals surface area contributed by atoms with Gasteiger partial charge in [-0.3, -0.25) is 4.99 Å². The Hall–Kier alpha value is -4.26. The quantitative estimate of drug-likeness (QED) is 0.330. The molecule has 1 aromatic heterocycles. The van der Waals surface area contributed by atoms with Gasteiger partial charge in [0.15, 0.2) is 0 Å². The first-order valence-corrected chi connectivity index (χ1v) is 11.7. The predicted molar refractivity (Wildman–Crippen MR) is 135 cm³/mol. The summed E-state index contributed by atoms with van der Waals surface area (Å²) in [6.45, 7) is 0. The highest BCUT2D eigenvalue weighted by Crippen LogP contribution is 2.32. The lowest BCUT2D eigenvalue weighted by Crippen LogP contribution is -2.22. The Kier molecular flexibility index (Phi) is 5.37. The van der Waals surface area contributed by atoms with E-state index in [0.717, 1.165) is 57.7 Å². The Morgan fingerprint density at radius 2 is 1.83 bits per heavy atom. The smallest absolute Gasteiger partial charge is 0.237 e. The highest BCUT2D eigenvalue weighted by atomic mass is 19.1. The van der Waals surface area contributed by atoms with E-state index in [4.69, 9.17) is 14.7 Å². The van der Waals surface area contributed by atoms with Crippen LogP contribution >= 0.6 is 0 Å². The fourth-order valence-corrected chi connectivity index (χ4v) is 4.42. The number of rotatable bonds is 5. The third-order valence-corrected chi connectivity index (χ3v) is 6.41. The molecule has 0 amide bonds. The number of nitrogens with zero attached hydrogens (tertiary/aromatic N) is 4. The second kappa shape index (κ2) is 8.83. The zero-order chi connectivity index (χ0) is 23.8. The second-order valence-corrected chi connectivity index (χ2v) is 8.67. The topological polar surface area (TPSA) is 64.3 Å². The SMILES string of the molecule is COc1ncccc1Nc1cc2nc3ccccc3n(-c3ccc(F)cc3)c-2cc1=NC1CCC1. The summed E-state index contributed by atoms with van der Waals surface area (Å²) in [5, 5.41) is 4.32. The van der Waals surface area contributed by atoms with Gasteiger partial charge in [0.1, 0.15) is 11.5 Å². The van der Waals surface area contributed by atoms with Crippen molar-refractivity contribution in [2.45, 2.75) is 25.3 Å². The number of para-hydroxylation sites is 2. The summed E-state index contributed by atoms with van der Waals surface area (Å²) in [5.74, 6) is 0.240. The van der Waals surface area contributed by atoms with Gasteiger partial charge in [-0.05, 0) is 79.9 Å². The van der Waals surface area contributed by atoms with Crippen LogP contribution < -0.4 is 15.4 Å². The molecule has 35 heavy (non-hydrogen) atoms. The van der Waals surface area contributed by atoms with Crippen LogP contribution in [0.15, 0.2) is 84.0 Å². The van der Waals surface area contributed by atoms with Crippen LogP contribution in [0.25, 0.3) is 28.1 Å². The van der Waals surface area contributed by atoms with Gasteiger partial charge in [-0.15, -0.1) is 0 Å². The Morgan fingerprint density at radius 1 is 1.00 bits per heavy atom. The van der Waals surface area contributed by atoms with Gasteiger partial charge in [-0.25, -0.2) is 14.4 Å². The third kappa shape index (κ3) is 3.99. The molecule has 2 aromatic carbocycles. The Morgan fingerprint density at radius 3 is 2.60 bits per heavy atom. The maximum atomic E-state index is 13.7. The van der Waals surface area contributed by atoms with Gasteiger partial charge in [0, 0.05) is 11.9 Å². The zero-order valence-corrected chi connectivity index (χ0v) is 19.3. The van der Waals surface area contributed by atoms with Gasteiger partial charge in [-0.2, -0.15) is 0 Å². The molecule has 2 aliphatic carbocycles. The van der Waals surface area contributed by atoms with E-state index in [-0.39, 0.29) is 5.82 Å². The van der Waals surface area contributed by atoms with Crippen molar-refractivity contribution in [3.8, 4) is 23.0 Å². The van der Waals surface area contributed by atoms with E-state index in [9.17, 15) is 4.39 Å². The maximum Gasteiger partial charge on any atom is 0.237 e. The van der Waals surface area contributed by atoms with Crippen molar-refractivity contribution in [1.82, 2.24) is 14.5 Å². The lowest BCUT2D eigenvalue weighted by molar-refractivity contribution is 0.400. The molecule has 0 atom stereocenters. The molecule has 1 saturated carbocycles. The number of nitrogens with one attached hydrogen (secondary N) is 1. The molecule has 0 saturated heterocycles. The van der Waals surface area contributed by atoms with Gasteiger partial charge < -0.3 is 14.6 Å². The van der Waals surface area contributed by atoms with Crippen LogP contribution in [-0.2, 0) is 0 Å². The standard InChI is InChI=1S/C28H24FN5O/c1-35-28-22(9-5-15-30-28)33-23-16-25-27(17-24(23)31-19-6-4-7-19)34(20-13-11-18(29)12-14-20)26-10-3-2-8-21(26)32-25/h2-3,5,8-17,19,33H,4,6-7H2,1H3. The van der Waals surface area contributed by atoms with Crippen LogP contribution in [0.1, 0.15) is 19.3 Å². The number of pyridine rings is 1. The van der Waals surface area contributed by atoms with Crippen LogP contribution in [-0.4, -0.2) is 27.7 Å². The lowest BCUT2D eigenvalue weighted by atomic mass is 9.94. The number of fused-ring (bicyclic) bond motifs is 2. The van der Waals surface area contributed by atoms with Gasteiger partial charge in [0.2, 0.25) is 5.88 Å². The molecule has 0 bridgehead atoms. The predicted octanol–water partition coefficient (Wildman–Crippen LogP) is 5.87. The van der Waals surface area contributed by atoms with Crippen LogP contribution in [0.4, 0.5) is 15.8 Å². The fourth-order valence-electron chi connectivity index (χ4n) is 4.42. The van der Waals surface area contributed by atoms with Crippen molar-refractivity contribution in [2.24, 2.45) is 4.99 Å². The van der Waals surface area contributed by atoms with Gasteiger partial charge >= 0.3 is 0 Å². The summed E-state index contributed by atoms with van der Waals surface area (Å²) in [4.78, 5) is 14.3. The number of aromatic nitrogens is 3. The molecule has 174 valence electrons. The second-order valence-electron chi connectivity index (χ2n) is 8.67. The molecule has 1 N–H and O–H groups in total. The summed E-state index contributed by atoms with van der Waals surface area (Å²) in [6, 6.07) is 22.7. The van der Waals surface area contributed by atoms with E-state index in [0.29, 0.717) is 11.9 Å². The molecule has 7 heteroatoms. The summed E-state index contributed by atoms with van der Waals surface area (Å²) in [7, 11) is 1.60. The normalized spacial score (nSPS) is 14.3. The number of anilines is 2. The van der Waals surface area contributed by atoms with E-state index in [1.165, 1.54) is 18.6 Å². The summed E-state index contributed by atoms with van der Waals surface area (Å²) >= 11 is 0.